The fourth-order valence-corrected chi connectivity index (χ4v) is 1.76. The van der Waals surface area contributed by atoms with Crippen molar-refractivity contribution in [3.63, 3.8) is 0 Å². The molecule has 5 nitrogen and oxygen atoms in total. The zero-order chi connectivity index (χ0) is 13.8. The third-order valence-corrected chi connectivity index (χ3v) is 2.56. The van der Waals surface area contributed by atoms with Crippen molar-refractivity contribution < 1.29 is 9.90 Å². The van der Waals surface area contributed by atoms with Gasteiger partial charge in [0.05, 0.1) is 16.9 Å². The lowest BCUT2D eigenvalue weighted by atomic mass is 10.1. The van der Waals surface area contributed by atoms with E-state index >= 15 is 0 Å². The summed E-state index contributed by atoms with van der Waals surface area (Å²) in [6, 6.07) is 7.04. The summed E-state index contributed by atoms with van der Waals surface area (Å²) < 4.78 is 0. The molecule has 0 aliphatic rings. The smallest absolute Gasteiger partial charge is 0.256 e. The third-order valence-electron chi connectivity index (χ3n) is 2.56. The van der Waals surface area contributed by atoms with E-state index in [1.807, 2.05) is 6.92 Å². The summed E-state index contributed by atoms with van der Waals surface area (Å²) in [6.07, 6.45) is 0. The Kier molecular flexibility index (Phi) is 4.69. The number of nitrogens with two attached hydrogens (primary N) is 1. The van der Waals surface area contributed by atoms with Crippen LogP contribution in [0.3, 0.4) is 0 Å². The monoisotopic (exact) mass is 251 g/mol. The van der Waals surface area contributed by atoms with Crippen molar-refractivity contribution in [1.82, 2.24) is 4.90 Å². The number of hydrogen-bond acceptors (Lipinski definition) is 4. The molecule has 4 N–H and O–H groups in total. The maximum atomic E-state index is 12.4. The Morgan fingerprint density at radius 2 is 2.06 bits per heavy atom. The first-order valence-corrected chi connectivity index (χ1v) is 5.96. The van der Waals surface area contributed by atoms with E-state index in [1.165, 1.54) is 0 Å². The Bertz CT molecular complexity index is 413. The van der Waals surface area contributed by atoms with Gasteiger partial charge in [0.2, 0.25) is 0 Å². The first-order chi connectivity index (χ1) is 8.39. The molecule has 18 heavy (non-hydrogen) atoms. The van der Waals surface area contributed by atoms with E-state index in [-0.39, 0.29) is 12.5 Å². The van der Waals surface area contributed by atoms with E-state index in [4.69, 9.17) is 5.84 Å². The highest BCUT2D eigenvalue weighted by Crippen LogP contribution is 2.17. The fraction of sp³-hybridized carbons (Fsp3) is 0.462. The van der Waals surface area contributed by atoms with Gasteiger partial charge in [-0.2, -0.15) is 0 Å². The molecule has 0 atom stereocenters. The van der Waals surface area contributed by atoms with Gasteiger partial charge < -0.3 is 15.4 Å². The topological polar surface area (TPSA) is 78.6 Å². The van der Waals surface area contributed by atoms with Crippen molar-refractivity contribution >= 4 is 11.6 Å². The Labute approximate surface area is 108 Å². The molecular formula is C13H21N3O2. The molecular weight excluding hydrogens is 230 g/mol. The van der Waals surface area contributed by atoms with Crippen molar-refractivity contribution in [2.45, 2.75) is 26.4 Å². The Hall–Kier alpha value is -1.59. The number of rotatable bonds is 5. The van der Waals surface area contributed by atoms with E-state index < -0.39 is 5.60 Å². The lowest BCUT2D eigenvalue weighted by Gasteiger charge is -2.28. The van der Waals surface area contributed by atoms with Crippen LogP contribution in [0, 0.1) is 0 Å². The first kappa shape index (κ1) is 14.5. The molecule has 0 saturated carbocycles. The van der Waals surface area contributed by atoms with Crippen LogP contribution in [-0.4, -0.2) is 34.6 Å². The average Bonchev–Trinajstić information content (AvgIpc) is 2.34. The SMILES string of the molecule is CCN(CC(C)(C)O)C(=O)c1ccccc1NN. The summed E-state index contributed by atoms with van der Waals surface area (Å²) >= 11 is 0. The van der Waals surface area contributed by atoms with Crippen LogP contribution in [0.5, 0.6) is 0 Å². The summed E-state index contributed by atoms with van der Waals surface area (Å²) in [4.78, 5) is 13.9. The van der Waals surface area contributed by atoms with Crippen LogP contribution in [0.1, 0.15) is 31.1 Å². The maximum Gasteiger partial charge on any atom is 0.256 e. The molecule has 5 heteroatoms. The van der Waals surface area contributed by atoms with Crippen LogP contribution in [0.2, 0.25) is 0 Å². The van der Waals surface area contributed by atoms with Crippen LogP contribution in [-0.2, 0) is 0 Å². The summed E-state index contributed by atoms with van der Waals surface area (Å²) in [5.74, 6) is 5.24. The van der Waals surface area contributed by atoms with Gasteiger partial charge in [-0.1, -0.05) is 12.1 Å². The lowest BCUT2D eigenvalue weighted by Crippen LogP contribution is -2.42. The number of benzene rings is 1. The van der Waals surface area contributed by atoms with Crippen molar-refractivity contribution in [1.29, 1.82) is 0 Å². The molecule has 1 aromatic carbocycles. The maximum absolute atomic E-state index is 12.4. The van der Waals surface area contributed by atoms with Gasteiger partial charge in [0.15, 0.2) is 0 Å². The van der Waals surface area contributed by atoms with Crippen LogP contribution in [0.4, 0.5) is 5.69 Å². The minimum atomic E-state index is -0.920. The number of carbonyl (C=O) groups is 1. The highest BCUT2D eigenvalue weighted by molar-refractivity contribution is 5.99. The van der Waals surface area contributed by atoms with Crippen molar-refractivity contribution in [3.05, 3.63) is 29.8 Å². The molecule has 0 bridgehead atoms. The van der Waals surface area contributed by atoms with Gasteiger partial charge in [0.1, 0.15) is 0 Å². The molecule has 0 fully saturated rings. The highest BCUT2D eigenvalue weighted by Gasteiger charge is 2.23. The number of nitrogens with zero attached hydrogens (tertiary/aromatic N) is 1. The second-order valence-corrected chi connectivity index (χ2v) is 4.82. The number of para-hydroxylation sites is 1. The normalized spacial score (nSPS) is 11.2. The largest absolute Gasteiger partial charge is 0.389 e. The van der Waals surface area contributed by atoms with Crippen molar-refractivity contribution in [2.24, 2.45) is 5.84 Å². The number of hydrazine groups is 1. The van der Waals surface area contributed by atoms with Crippen LogP contribution < -0.4 is 11.3 Å². The summed E-state index contributed by atoms with van der Waals surface area (Å²) in [5.41, 5.74) is 2.67. The van der Waals surface area contributed by atoms with Crippen molar-refractivity contribution in [2.75, 3.05) is 18.5 Å². The summed E-state index contributed by atoms with van der Waals surface area (Å²) in [5, 5.41) is 9.81. The molecule has 0 saturated heterocycles. The number of aliphatic hydroxyl groups is 1. The van der Waals surface area contributed by atoms with Crippen LogP contribution in [0.25, 0.3) is 0 Å². The average molecular weight is 251 g/mol. The minimum Gasteiger partial charge on any atom is -0.389 e. The molecule has 1 amide bonds. The Morgan fingerprint density at radius 3 is 2.56 bits per heavy atom. The molecule has 0 aliphatic carbocycles. The van der Waals surface area contributed by atoms with Gasteiger partial charge in [0.25, 0.3) is 5.91 Å². The van der Waals surface area contributed by atoms with Gasteiger partial charge in [-0.3, -0.25) is 10.6 Å². The number of amides is 1. The van der Waals surface area contributed by atoms with E-state index in [0.717, 1.165) is 0 Å². The molecule has 0 spiro atoms. The molecule has 1 rings (SSSR count). The highest BCUT2D eigenvalue weighted by atomic mass is 16.3. The molecule has 0 radical (unpaired) electrons. The van der Waals surface area contributed by atoms with Gasteiger partial charge >= 0.3 is 0 Å². The number of hydrogen-bond donors (Lipinski definition) is 3. The first-order valence-electron chi connectivity index (χ1n) is 5.96. The second-order valence-electron chi connectivity index (χ2n) is 4.82. The predicted molar refractivity (Wildman–Crippen MR) is 72.1 cm³/mol. The van der Waals surface area contributed by atoms with Gasteiger partial charge in [-0.25, -0.2) is 0 Å². The second kappa shape index (κ2) is 5.84. The number of likely N-dealkylation sites (N-methyl/N-ethyl adjacent to an activating group) is 1. The third kappa shape index (κ3) is 3.72. The zero-order valence-electron chi connectivity index (χ0n) is 11.1. The van der Waals surface area contributed by atoms with Crippen LogP contribution >= 0.6 is 0 Å². The van der Waals surface area contributed by atoms with Gasteiger partial charge in [-0.05, 0) is 32.9 Å². The Morgan fingerprint density at radius 1 is 1.44 bits per heavy atom. The molecule has 0 heterocycles. The summed E-state index contributed by atoms with van der Waals surface area (Å²) in [7, 11) is 0. The van der Waals surface area contributed by atoms with E-state index in [0.29, 0.717) is 17.8 Å². The number of nitrogen functional groups attached to an aromatic ring is 1. The minimum absolute atomic E-state index is 0.145. The number of anilines is 1. The number of carbonyl (C=O) groups excluding carboxylic acids is 1. The van der Waals surface area contributed by atoms with E-state index in [1.54, 1.807) is 43.0 Å². The molecule has 100 valence electrons. The molecule has 0 unspecified atom stereocenters. The molecule has 1 aromatic rings. The van der Waals surface area contributed by atoms with Gasteiger partial charge in [-0.15, -0.1) is 0 Å². The standard InChI is InChI=1S/C13H21N3O2/c1-4-16(9-13(2,3)18)12(17)10-7-5-6-8-11(10)15-14/h5-8,15,18H,4,9,14H2,1-3H3. The Balaban J connectivity index is 2.97. The molecule has 0 aromatic heterocycles. The van der Waals surface area contributed by atoms with Crippen molar-refractivity contribution in [3.8, 4) is 0 Å². The lowest BCUT2D eigenvalue weighted by molar-refractivity contribution is 0.0315. The zero-order valence-corrected chi connectivity index (χ0v) is 11.1. The summed E-state index contributed by atoms with van der Waals surface area (Å²) in [6.45, 7) is 6.04. The molecule has 0 aliphatic heterocycles. The predicted octanol–water partition coefficient (Wildman–Crippen LogP) is 1.21. The van der Waals surface area contributed by atoms with E-state index in [2.05, 4.69) is 5.43 Å². The fourth-order valence-electron chi connectivity index (χ4n) is 1.76. The quantitative estimate of drug-likeness (QED) is 0.543. The van der Waals surface area contributed by atoms with Crippen LogP contribution in [0.15, 0.2) is 24.3 Å². The number of nitrogens with one attached hydrogen (secondary N) is 1. The van der Waals surface area contributed by atoms with E-state index in [9.17, 15) is 9.90 Å². The van der Waals surface area contributed by atoms with Gasteiger partial charge in [0, 0.05) is 13.1 Å².